The fourth-order valence-electron chi connectivity index (χ4n) is 4.22. The Morgan fingerprint density at radius 3 is 2.76 bits per heavy atom. The fraction of sp³-hybridized carbons (Fsp3) is 0.545. The lowest BCUT2D eigenvalue weighted by Gasteiger charge is -2.28. The molecule has 0 atom stereocenters. The maximum Gasteiger partial charge on any atom is 0.284 e. The van der Waals surface area contributed by atoms with Gasteiger partial charge in [-0.15, -0.1) is 11.3 Å². The maximum absolute atomic E-state index is 13.3. The van der Waals surface area contributed by atoms with Crippen LogP contribution in [-0.2, 0) is 13.0 Å². The van der Waals surface area contributed by atoms with E-state index in [-0.39, 0.29) is 5.91 Å². The molecule has 1 amide bonds. The normalized spacial score (nSPS) is 17.4. The average molecular weight is 485 g/mol. The summed E-state index contributed by atoms with van der Waals surface area (Å²) >= 11 is 2.78. The van der Waals surface area contributed by atoms with Crippen LogP contribution in [0.2, 0.25) is 0 Å². The summed E-state index contributed by atoms with van der Waals surface area (Å²) in [5.74, 6) is 2.19. The Morgan fingerprint density at radius 1 is 1.18 bits per heavy atom. The van der Waals surface area contributed by atoms with E-state index in [2.05, 4.69) is 60.8 Å². The van der Waals surface area contributed by atoms with E-state index in [9.17, 15) is 4.79 Å². The molecule has 1 saturated heterocycles. The minimum absolute atomic E-state index is 0.0662. The minimum atomic E-state index is -0.0662. The van der Waals surface area contributed by atoms with Crippen molar-refractivity contribution in [1.29, 1.82) is 0 Å². The Labute approximate surface area is 201 Å². The quantitative estimate of drug-likeness (QED) is 0.586. The molecule has 11 heteroatoms. The van der Waals surface area contributed by atoms with Gasteiger partial charge in [0, 0.05) is 29.8 Å². The number of piperidine rings is 1. The molecule has 0 saturated carbocycles. The Hall–Kier alpha value is -2.50. The van der Waals surface area contributed by atoms with Gasteiger partial charge < -0.3 is 15.1 Å². The van der Waals surface area contributed by atoms with Gasteiger partial charge in [-0.25, -0.2) is 19.9 Å². The van der Waals surface area contributed by atoms with Crippen LogP contribution in [0.1, 0.15) is 71.1 Å². The van der Waals surface area contributed by atoms with Crippen molar-refractivity contribution in [3.8, 4) is 0 Å². The Bertz CT molecular complexity index is 1140. The molecular formula is C22H28N8OS2. The van der Waals surface area contributed by atoms with Gasteiger partial charge in [0.15, 0.2) is 5.13 Å². The third kappa shape index (κ3) is 4.75. The summed E-state index contributed by atoms with van der Waals surface area (Å²) in [6, 6.07) is 0. The summed E-state index contributed by atoms with van der Waals surface area (Å²) in [6.45, 7) is 7.40. The highest BCUT2D eigenvalue weighted by Crippen LogP contribution is 2.30. The fourth-order valence-corrected chi connectivity index (χ4v) is 5.80. The molecule has 3 aromatic rings. The molecule has 2 aliphatic rings. The molecule has 2 aliphatic heterocycles. The number of carbonyl (C=O) groups excluding carboxylic acids is 1. The summed E-state index contributed by atoms with van der Waals surface area (Å²) < 4.78 is 4.54. The van der Waals surface area contributed by atoms with E-state index < -0.39 is 0 Å². The van der Waals surface area contributed by atoms with Crippen LogP contribution in [0.4, 0.5) is 10.9 Å². The van der Waals surface area contributed by atoms with Crippen molar-refractivity contribution in [1.82, 2.24) is 34.1 Å². The molecule has 5 rings (SSSR count). The third-order valence-electron chi connectivity index (χ3n) is 6.34. The van der Waals surface area contributed by atoms with E-state index in [1.807, 2.05) is 4.90 Å². The van der Waals surface area contributed by atoms with Crippen LogP contribution < -0.4 is 5.32 Å². The predicted molar refractivity (Wildman–Crippen MR) is 129 cm³/mol. The summed E-state index contributed by atoms with van der Waals surface area (Å²) in [4.78, 5) is 35.6. The number of thiazole rings is 1. The molecule has 9 nitrogen and oxygen atoms in total. The van der Waals surface area contributed by atoms with Gasteiger partial charge in [-0.1, -0.05) is 13.8 Å². The van der Waals surface area contributed by atoms with Gasteiger partial charge in [0.2, 0.25) is 5.01 Å². The molecule has 0 bridgehead atoms. The lowest BCUT2D eigenvalue weighted by molar-refractivity contribution is 0.0733. The van der Waals surface area contributed by atoms with E-state index in [0.29, 0.717) is 42.2 Å². The molecule has 0 radical (unpaired) electrons. The van der Waals surface area contributed by atoms with Crippen LogP contribution in [0, 0.1) is 0 Å². The van der Waals surface area contributed by atoms with Gasteiger partial charge in [-0.2, -0.15) is 4.37 Å². The van der Waals surface area contributed by atoms with Crippen molar-refractivity contribution in [2.24, 2.45) is 0 Å². The number of carbonyl (C=O) groups is 1. The van der Waals surface area contributed by atoms with Gasteiger partial charge >= 0.3 is 0 Å². The Kier molecular flexibility index (Phi) is 6.35. The van der Waals surface area contributed by atoms with Gasteiger partial charge in [0.05, 0.1) is 17.9 Å². The molecule has 1 N–H and O–H groups in total. The Balaban J connectivity index is 1.31. The highest BCUT2D eigenvalue weighted by Gasteiger charge is 2.29. The number of anilines is 2. The highest BCUT2D eigenvalue weighted by molar-refractivity contribution is 7.13. The van der Waals surface area contributed by atoms with Crippen molar-refractivity contribution < 1.29 is 4.79 Å². The molecule has 3 aromatic heterocycles. The first-order valence-corrected chi connectivity index (χ1v) is 13.0. The van der Waals surface area contributed by atoms with Crippen LogP contribution in [0.15, 0.2) is 11.7 Å². The maximum atomic E-state index is 13.3. The zero-order valence-electron chi connectivity index (χ0n) is 19.1. The first-order valence-electron chi connectivity index (χ1n) is 11.3. The van der Waals surface area contributed by atoms with Crippen molar-refractivity contribution in [2.45, 2.75) is 51.5 Å². The predicted octanol–water partition coefficient (Wildman–Crippen LogP) is 3.66. The first kappa shape index (κ1) is 22.3. The molecule has 0 unspecified atom stereocenters. The van der Waals surface area contributed by atoms with Gasteiger partial charge in [-0.3, -0.25) is 4.79 Å². The second-order valence-corrected chi connectivity index (χ2v) is 10.6. The van der Waals surface area contributed by atoms with Crippen molar-refractivity contribution >= 4 is 39.7 Å². The number of fused-ring (bicyclic) bond motifs is 1. The molecule has 0 aromatic carbocycles. The number of aromatic nitrogens is 5. The Morgan fingerprint density at radius 2 is 2.00 bits per heavy atom. The van der Waals surface area contributed by atoms with Crippen molar-refractivity contribution in [3.05, 3.63) is 39.5 Å². The molecule has 174 valence electrons. The number of likely N-dealkylation sites (tertiary alicyclic amines) is 1. The average Bonchev–Trinajstić information content (AvgIpc) is 3.49. The molecule has 5 heterocycles. The van der Waals surface area contributed by atoms with Crippen LogP contribution in [0.25, 0.3) is 0 Å². The van der Waals surface area contributed by atoms with Crippen molar-refractivity contribution in [2.75, 3.05) is 32.0 Å². The monoisotopic (exact) mass is 484 g/mol. The standard InChI is InChI=1S/C22H28N8OS2/c1-13(2)17-11-32-22(25-17)27-19-15-10-30(9-6-16(15)23-12-24-19)21(31)20-26-18(28-33-20)14-4-7-29(3)8-5-14/h11-14H,4-10H2,1-3H3,(H,23,24,25,27). The SMILES string of the molecule is CC(C)c1csc(Nc2ncnc3c2CN(C(=O)c2nc(C4CCN(C)CC4)ns2)CC3)n1. The molecule has 0 aliphatic carbocycles. The van der Waals surface area contributed by atoms with Crippen molar-refractivity contribution in [3.63, 3.8) is 0 Å². The lowest BCUT2D eigenvalue weighted by Crippen LogP contribution is -2.37. The van der Waals surface area contributed by atoms with E-state index in [1.54, 1.807) is 17.7 Å². The summed E-state index contributed by atoms with van der Waals surface area (Å²) in [5, 5.41) is 6.68. The number of nitrogens with zero attached hydrogens (tertiary/aromatic N) is 7. The van der Waals surface area contributed by atoms with E-state index >= 15 is 0 Å². The van der Waals surface area contributed by atoms with Crippen LogP contribution in [0.5, 0.6) is 0 Å². The number of hydrogen-bond acceptors (Lipinski definition) is 10. The second kappa shape index (κ2) is 9.40. The topological polar surface area (TPSA) is 100 Å². The highest BCUT2D eigenvalue weighted by atomic mass is 32.1. The first-order chi connectivity index (χ1) is 16.0. The minimum Gasteiger partial charge on any atom is -0.332 e. The number of amides is 1. The number of nitrogens with one attached hydrogen (secondary N) is 1. The van der Waals surface area contributed by atoms with E-state index in [4.69, 9.17) is 0 Å². The summed E-state index contributed by atoms with van der Waals surface area (Å²) in [5.41, 5.74) is 2.97. The summed E-state index contributed by atoms with van der Waals surface area (Å²) in [6.07, 6.45) is 4.35. The van der Waals surface area contributed by atoms with Gasteiger partial charge in [0.25, 0.3) is 5.91 Å². The largest absolute Gasteiger partial charge is 0.332 e. The lowest BCUT2D eigenvalue weighted by atomic mass is 9.97. The van der Waals surface area contributed by atoms with Crippen LogP contribution in [-0.4, -0.2) is 66.7 Å². The second-order valence-electron chi connectivity index (χ2n) is 9.02. The number of hydrogen-bond donors (Lipinski definition) is 1. The van der Waals surface area contributed by atoms with Crippen LogP contribution >= 0.6 is 22.9 Å². The molecule has 33 heavy (non-hydrogen) atoms. The zero-order chi connectivity index (χ0) is 22.9. The zero-order valence-corrected chi connectivity index (χ0v) is 20.7. The van der Waals surface area contributed by atoms with Gasteiger partial charge in [-0.05, 0) is 50.4 Å². The van der Waals surface area contributed by atoms with E-state index in [0.717, 1.165) is 53.8 Å². The van der Waals surface area contributed by atoms with Gasteiger partial charge in [0.1, 0.15) is 18.0 Å². The van der Waals surface area contributed by atoms with Crippen LogP contribution in [0.3, 0.4) is 0 Å². The molecular weight excluding hydrogens is 456 g/mol. The molecule has 0 spiro atoms. The third-order valence-corrected chi connectivity index (χ3v) is 7.83. The van der Waals surface area contributed by atoms with E-state index in [1.165, 1.54) is 11.5 Å². The smallest absolute Gasteiger partial charge is 0.284 e. The summed E-state index contributed by atoms with van der Waals surface area (Å²) in [7, 11) is 2.14. The molecule has 1 fully saturated rings. The number of rotatable bonds is 5.